The third-order valence-electron chi connectivity index (χ3n) is 3.84. The summed E-state index contributed by atoms with van der Waals surface area (Å²) in [6.45, 7) is 1.26. The summed E-state index contributed by atoms with van der Waals surface area (Å²) in [6.07, 6.45) is 1.43. The first kappa shape index (κ1) is 16.0. The molecule has 1 aromatic carbocycles. The van der Waals surface area contributed by atoms with E-state index in [1.165, 1.54) is 12.1 Å². The quantitative estimate of drug-likeness (QED) is 0.849. The van der Waals surface area contributed by atoms with Crippen molar-refractivity contribution in [2.75, 3.05) is 25.9 Å². The molecule has 0 unspecified atom stereocenters. The van der Waals surface area contributed by atoms with Crippen molar-refractivity contribution in [1.29, 1.82) is 5.26 Å². The van der Waals surface area contributed by atoms with Gasteiger partial charge in [-0.2, -0.15) is 5.26 Å². The molecular weight excluding hydrogens is 288 g/mol. The fourth-order valence-corrected chi connectivity index (χ4v) is 3.91. The Morgan fingerprint density at radius 2 is 2.14 bits per heavy atom. The van der Waals surface area contributed by atoms with Crippen LogP contribution >= 0.6 is 0 Å². The van der Waals surface area contributed by atoms with Crippen molar-refractivity contribution in [2.24, 2.45) is 5.92 Å². The number of aliphatic hydroxyl groups excluding tert-OH is 1. The summed E-state index contributed by atoms with van der Waals surface area (Å²) in [6, 6.07) is 8.07. The third-order valence-corrected chi connectivity index (χ3v) is 5.54. The van der Waals surface area contributed by atoms with Crippen LogP contribution < -0.4 is 0 Å². The molecule has 0 amide bonds. The molecule has 0 heterocycles. The molecule has 0 aliphatic heterocycles. The standard InChI is InChI=1S/C15H20N2O3S/c1-17(11-13-7-14(18)8-13)5-6-21(19,20)15-4-2-3-12(9-15)10-16/h2-4,9,13-14,18H,5-8,11H2,1H3. The van der Waals surface area contributed by atoms with Crippen LogP contribution in [0.25, 0.3) is 0 Å². The number of hydrogen-bond acceptors (Lipinski definition) is 5. The van der Waals surface area contributed by atoms with Crippen LogP contribution in [-0.2, 0) is 9.84 Å². The van der Waals surface area contributed by atoms with E-state index in [4.69, 9.17) is 5.26 Å². The zero-order chi connectivity index (χ0) is 15.5. The van der Waals surface area contributed by atoms with Gasteiger partial charge in [-0.3, -0.25) is 0 Å². The van der Waals surface area contributed by atoms with E-state index >= 15 is 0 Å². The van der Waals surface area contributed by atoms with E-state index in [0.717, 1.165) is 19.4 Å². The Labute approximate surface area is 125 Å². The Bertz CT molecular complexity index is 631. The average molecular weight is 308 g/mol. The van der Waals surface area contributed by atoms with Gasteiger partial charge in [0, 0.05) is 13.1 Å². The second-order valence-electron chi connectivity index (χ2n) is 5.71. The number of sulfone groups is 1. The number of hydrogen-bond donors (Lipinski definition) is 1. The molecule has 114 valence electrons. The number of rotatable bonds is 6. The van der Waals surface area contributed by atoms with Gasteiger partial charge in [-0.1, -0.05) is 6.07 Å². The lowest BCUT2D eigenvalue weighted by Gasteiger charge is -2.34. The zero-order valence-electron chi connectivity index (χ0n) is 12.1. The Morgan fingerprint density at radius 1 is 1.43 bits per heavy atom. The van der Waals surface area contributed by atoms with Crippen molar-refractivity contribution in [3.63, 3.8) is 0 Å². The highest BCUT2D eigenvalue weighted by atomic mass is 32.2. The van der Waals surface area contributed by atoms with Crippen molar-refractivity contribution < 1.29 is 13.5 Å². The molecule has 1 aliphatic carbocycles. The van der Waals surface area contributed by atoms with Gasteiger partial charge < -0.3 is 10.0 Å². The highest BCUT2D eigenvalue weighted by Gasteiger charge is 2.28. The highest BCUT2D eigenvalue weighted by molar-refractivity contribution is 7.91. The molecule has 2 rings (SSSR count). The van der Waals surface area contributed by atoms with Crippen LogP contribution in [0.4, 0.5) is 0 Å². The van der Waals surface area contributed by atoms with Crippen LogP contribution in [0.5, 0.6) is 0 Å². The SMILES string of the molecule is CN(CCS(=O)(=O)c1cccc(C#N)c1)CC1CC(O)C1. The van der Waals surface area contributed by atoms with Gasteiger partial charge in [0.15, 0.2) is 9.84 Å². The first-order chi connectivity index (χ1) is 9.90. The lowest BCUT2D eigenvalue weighted by atomic mass is 9.82. The smallest absolute Gasteiger partial charge is 0.179 e. The van der Waals surface area contributed by atoms with Gasteiger partial charge in [-0.15, -0.1) is 0 Å². The first-order valence-corrected chi connectivity index (χ1v) is 8.65. The monoisotopic (exact) mass is 308 g/mol. The van der Waals surface area contributed by atoms with Crippen molar-refractivity contribution in [2.45, 2.75) is 23.8 Å². The highest BCUT2D eigenvalue weighted by Crippen LogP contribution is 2.27. The minimum absolute atomic E-state index is 0.0354. The predicted octanol–water partition coefficient (Wildman–Crippen LogP) is 1.03. The Kier molecular flexibility index (Phi) is 4.99. The molecule has 21 heavy (non-hydrogen) atoms. The van der Waals surface area contributed by atoms with E-state index in [1.54, 1.807) is 12.1 Å². The minimum atomic E-state index is -3.37. The molecular formula is C15H20N2O3S. The summed E-state index contributed by atoms with van der Waals surface area (Å²) in [5, 5.41) is 18.1. The Hall–Kier alpha value is -1.42. The number of benzene rings is 1. The molecule has 1 fully saturated rings. The van der Waals surface area contributed by atoms with E-state index in [9.17, 15) is 13.5 Å². The van der Waals surface area contributed by atoms with Gasteiger partial charge in [0.1, 0.15) is 0 Å². The van der Waals surface area contributed by atoms with Crippen LogP contribution in [0.3, 0.4) is 0 Å². The van der Waals surface area contributed by atoms with Gasteiger partial charge in [0.05, 0.1) is 28.4 Å². The molecule has 0 radical (unpaired) electrons. The van der Waals surface area contributed by atoms with Crippen LogP contribution in [0.2, 0.25) is 0 Å². The van der Waals surface area contributed by atoms with Gasteiger partial charge in [-0.05, 0) is 44.0 Å². The second-order valence-corrected chi connectivity index (χ2v) is 7.82. The van der Waals surface area contributed by atoms with E-state index in [2.05, 4.69) is 0 Å². The number of nitriles is 1. The molecule has 0 spiro atoms. The maximum absolute atomic E-state index is 12.3. The molecule has 1 aliphatic rings. The molecule has 0 bridgehead atoms. The van der Waals surface area contributed by atoms with Crippen molar-refractivity contribution >= 4 is 9.84 Å². The van der Waals surface area contributed by atoms with Crippen LogP contribution in [0.1, 0.15) is 18.4 Å². The van der Waals surface area contributed by atoms with E-state index in [0.29, 0.717) is 18.0 Å². The summed E-state index contributed by atoms with van der Waals surface area (Å²) < 4.78 is 24.5. The largest absolute Gasteiger partial charge is 0.393 e. The maximum atomic E-state index is 12.3. The fraction of sp³-hybridized carbons (Fsp3) is 0.533. The zero-order valence-corrected chi connectivity index (χ0v) is 12.9. The topological polar surface area (TPSA) is 81.4 Å². The van der Waals surface area contributed by atoms with Gasteiger partial charge >= 0.3 is 0 Å². The normalized spacial score (nSPS) is 21.8. The molecule has 6 heteroatoms. The Morgan fingerprint density at radius 3 is 2.76 bits per heavy atom. The van der Waals surface area contributed by atoms with Crippen molar-refractivity contribution in [3.8, 4) is 6.07 Å². The van der Waals surface area contributed by atoms with Gasteiger partial charge in [0.2, 0.25) is 0 Å². The van der Waals surface area contributed by atoms with Crippen molar-refractivity contribution in [1.82, 2.24) is 4.90 Å². The lowest BCUT2D eigenvalue weighted by Crippen LogP contribution is -2.38. The van der Waals surface area contributed by atoms with Gasteiger partial charge in [-0.25, -0.2) is 8.42 Å². The molecule has 1 N–H and O–H groups in total. The van der Waals surface area contributed by atoms with E-state index in [-0.39, 0.29) is 16.8 Å². The number of aliphatic hydroxyl groups is 1. The lowest BCUT2D eigenvalue weighted by molar-refractivity contribution is 0.0291. The number of nitrogens with zero attached hydrogens (tertiary/aromatic N) is 2. The third kappa shape index (κ3) is 4.27. The summed E-state index contributed by atoms with van der Waals surface area (Å²) in [5.41, 5.74) is 0.355. The molecule has 0 atom stereocenters. The average Bonchev–Trinajstić information content (AvgIpc) is 2.44. The van der Waals surface area contributed by atoms with Gasteiger partial charge in [0.25, 0.3) is 0 Å². The van der Waals surface area contributed by atoms with Crippen LogP contribution in [-0.4, -0.2) is 50.4 Å². The summed E-state index contributed by atoms with van der Waals surface area (Å²) in [7, 11) is -1.47. The first-order valence-electron chi connectivity index (χ1n) is 7.00. The summed E-state index contributed by atoms with van der Waals surface area (Å²) in [4.78, 5) is 2.19. The van der Waals surface area contributed by atoms with E-state index < -0.39 is 9.84 Å². The second kappa shape index (κ2) is 6.56. The minimum Gasteiger partial charge on any atom is -0.393 e. The molecule has 0 saturated heterocycles. The summed E-state index contributed by atoms with van der Waals surface area (Å²) in [5.74, 6) is 0.503. The van der Waals surface area contributed by atoms with Crippen molar-refractivity contribution in [3.05, 3.63) is 29.8 Å². The molecule has 5 nitrogen and oxygen atoms in total. The van der Waals surface area contributed by atoms with Crippen LogP contribution in [0.15, 0.2) is 29.2 Å². The fourth-order valence-electron chi connectivity index (χ4n) is 2.53. The Balaban J connectivity index is 1.90. The van der Waals surface area contributed by atoms with E-state index in [1.807, 2.05) is 18.0 Å². The predicted molar refractivity (Wildman–Crippen MR) is 79.4 cm³/mol. The molecule has 1 aromatic rings. The molecule has 1 saturated carbocycles. The summed E-state index contributed by atoms with van der Waals surface area (Å²) >= 11 is 0. The molecule has 0 aromatic heterocycles. The van der Waals surface area contributed by atoms with Crippen LogP contribution in [0, 0.1) is 17.2 Å². The maximum Gasteiger partial charge on any atom is 0.179 e.